The van der Waals surface area contributed by atoms with Crippen molar-refractivity contribution in [1.29, 1.82) is 5.26 Å². The number of carbonyl (C=O) groups is 1. The molecule has 0 bridgehead atoms. The summed E-state index contributed by atoms with van der Waals surface area (Å²) in [6.07, 6.45) is 1.09. The molecule has 1 heterocycles. The van der Waals surface area contributed by atoms with Crippen molar-refractivity contribution in [3.8, 4) is 6.07 Å². The van der Waals surface area contributed by atoms with Crippen LogP contribution in [-0.2, 0) is 4.79 Å². The number of aliphatic carboxylic acids is 1. The van der Waals surface area contributed by atoms with Gasteiger partial charge in [-0.3, -0.25) is 4.79 Å². The molecular formula is C14H16N2O2. The Kier molecular flexibility index (Phi) is 3.52. The van der Waals surface area contributed by atoms with Gasteiger partial charge in [-0.1, -0.05) is 6.07 Å². The van der Waals surface area contributed by atoms with E-state index in [1.807, 2.05) is 25.1 Å². The Balaban J connectivity index is 2.14. The van der Waals surface area contributed by atoms with Crippen molar-refractivity contribution in [3.63, 3.8) is 0 Å². The van der Waals surface area contributed by atoms with Gasteiger partial charge in [-0.15, -0.1) is 0 Å². The Morgan fingerprint density at radius 3 is 3.06 bits per heavy atom. The molecule has 1 unspecified atom stereocenters. The lowest BCUT2D eigenvalue weighted by molar-refractivity contribution is -0.137. The molecule has 1 atom stereocenters. The highest BCUT2D eigenvalue weighted by atomic mass is 16.4. The van der Waals surface area contributed by atoms with Crippen LogP contribution < -0.4 is 4.90 Å². The molecule has 4 nitrogen and oxygen atoms in total. The predicted molar refractivity (Wildman–Crippen MR) is 68.5 cm³/mol. The van der Waals surface area contributed by atoms with Crippen LogP contribution in [0.25, 0.3) is 0 Å². The molecule has 0 amide bonds. The van der Waals surface area contributed by atoms with E-state index in [0.29, 0.717) is 5.56 Å². The van der Waals surface area contributed by atoms with Crippen LogP contribution in [0.5, 0.6) is 0 Å². The van der Waals surface area contributed by atoms with Crippen LogP contribution in [0.4, 0.5) is 5.69 Å². The van der Waals surface area contributed by atoms with Gasteiger partial charge in [0.05, 0.1) is 11.3 Å². The van der Waals surface area contributed by atoms with E-state index in [1.54, 1.807) is 0 Å². The SMILES string of the molecule is Cc1ccc(N2CCC(CC(=O)O)C2)c(C#N)c1. The van der Waals surface area contributed by atoms with Crippen LogP contribution in [0.1, 0.15) is 24.0 Å². The van der Waals surface area contributed by atoms with Crippen LogP contribution in [0.15, 0.2) is 18.2 Å². The molecule has 1 aliphatic rings. The number of nitriles is 1. The van der Waals surface area contributed by atoms with Crippen molar-refractivity contribution in [1.82, 2.24) is 0 Å². The zero-order valence-electron chi connectivity index (χ0n) is 10.4. The summed E-state index contributed by atoms with van der Waals surface area (Å²) >= 11 is 0. The Labute approximate surface area is 106 Å². The molecule has 0 spiro atoms. The fourth-order valence-corrected chi connectivity index (χ4v) is 2.48. The maximum Gasteiger partial charge on any atom is 0.303 e. The van der Waals surface area contributed by atoms with Crippen molar-refractivity contribution in [2.24, 2.45) is 5.92 Å². The molecule has 2 rings (SSSR count). The van der Waals surface area contributed by atoms with Crippen LogP contribution in [-0.4, -0.2) is 24.2 Å². The molecule has 1 N–H and O–H groups in total. The van der Waals surface area contributed by atoms with Crippen LogP contribution in [0.3, 0.4) is 0 Å². The van der Waals surface area contributed by atoms with E-state index in [0.717, 1.165) is 30.8 Å². The molecule has 0 radical (unpaired) electrons. The number of carboxylic acid groups (broad SMARTS) is 1. The summed E-state index contributed by atoms with van der Waals surface area (Å²) in [7, 11) is 0. The average Bonchev–Trinajstić information content (AvgIpc) is 2.76. The van der Waals surface area contributed by atoms with Gasteiger partial charge in [0.25, 0.3) is 0 Å². The fraction of sp³-hybridized carbons (Fsp3) is 0.429. The molecule has 94 valence electrons. The topological polar surface area (TPSA) is 64.3 Å². The molecule has 0 aliphatic carbocycles. The molecule has 1 aliphatic heterocycles. The number of benzene rings is 1. The average molecular weight is 244 g/mol. The van der Waals surface area contributed by atoms with E-state index < -0.39 is 5.97 Å². The minimum absolute atomic E-state index is 0.190. The highest BCUT2D eigenvalue weighted by molar-refractivity contribution is 5.67. The van der Waals surface area contributed by atoms with Crippen molar-refractivity contribution in [2.75, 3.05) is 18.0 Å². The van der Waals surface area contributed by atoms with Gasteiger partial charge in [0, 0.05) is 19.5 Å². The van der Waals surface area contributed by atoms with E-state index >= 15 is 0 Å². The maximum atomic E-state index is 10.7. The first kappa shape index (κ1) is 12.4. The number of hydrogen-bond acceptors (Lipinski definition) is 3. The molecular weight excluding hydrogens is 228 g/mol. The minimum atomic E-state index is -0.744. The Bertz CT molecular complexity index is 505. The third-order valence-corrected chi connectivity index (χ3v) is 3.36. The number of carboxylic acids is 1. The Morgan fingerprint density at radius 2 is 2.39 bits per heavy atom. The van der Waals surface area contributed by atoms with E-state index in [2.05, 4.69) is 11.0 Å². The van der Waals surface area contributed by atoms with Crippen molar-refractivity contribution in [2.45, 2.75) is 19.8 Å². The van der Waals surface area contributed by atoms with E-state index in [-0.39, 0.29) is 12.3 Å². The van der Waals surface area contributed by atoms with E-state index in [9.17, 15) is 4.79 Å². The fourth-order valence-electron chi connectivity index (χ4n) is 2.48. The van der Waals surface area contributed by atoms with Gasteiger partial charge < -0.3 is 10.0 Å². The van der Waals surface area contributed by atoms with E-state index in [4.69, 9.17) is 10.4 Å². The predicted octanol–water partition coefficient (Wildman–Crippen LogP) is 2.17. The number of rotatable bonds is 3. The number of hydrogen-bond donors (Lipinski definition) is 1. The van der Waals surface area contributed by atoms with Gasteiger partial charge in [0.1, 0.15) is 6.07 Å². The highest BCUT2D eigenvalue weighted by Crippen LogP contribution is 2.28. The highest BCUT2D eigenvalue weighted by Gasteiger charge is 2.25. The zero-order valence-corrected chi connectivity index (χ0v) is 10.4. The van der Waals surface area contributed by atoms with Gasteiger partial charge in [0.15, 0.2) is 0 Å². The minimum Gasteiger partial charge on any atom is -0.481 e. The Hall–Kier alpha value is -2.02. The first-order valence-electron chi connectivity index (χ1n) is 6.07. The van der Waals surface area contributed by atoms with Crippen molar-refractivity contribution < 1.29 is 9.90 Å². The molecule has 0 saturated carbocycles. The molecule has 1 fully saturated rings. The van der Waals surface area contributed by atoms with Crippen molar-refractivity contribution in [3.05, 3.63) is 29.3 Å². The standard InChI is InChI=1S/C14H16N2O2/c1-10-2-3-13(12(6-10)8-15)16-5-4-11(9-16)7-14(17)18/h2-3,6,11H,4-5,7,9H2,1H3,(H,17,18). The summed E-state index contributed by atoms with van der Waals surface area (Å²) < 4.78 is 0. The zero-order chi connectivity index (χ0) is 13.1. The normalized spacial score (nSPS) is 18.7. The third kappa shape index (κ3) is 2.62. The van der Waals surface area contributed by atoms with Crippen LogP contribution in [0.2, 0.25) is 0 Å². The summed E-state index contributed by atoms with van der Waals surface area (Å²) in [5, 5.41) is 17.9. The number of aryl methyl sites for hydroxylation is 1. The second-order valence-corrected chi connectivity index (χ2v) is 4.83. The first-order chi connectivity index (χ1) is 8.60. The van der Waals surface area contributed by atoms with Gasteiger partial charge >= 0.3 is 5.97 Å². The van der Waals surface area contributed by atoms with Crippen molar-refractivity contribution >= 4 is 11.7 Å². The summed E-state index contributed by atoms with van der Waals surface area (Å²) in [5.74, 6) is -0.554. The second-order valence-electron chi connectivity index (χ2n) is 4.83. The molecule has 1 aromatic carbocycles. The second kappa shape index (κ2) is 5.09. The summed E-state index contributed by atoms with van der Waals surface area (Å²) in [6.45, 7) is 3.52. The maximum absolute atomic E-state index is 10.7. The quantitative estimate of drug-likeness (QED) is 0.885. The number of nitrogens with zero attached hydrogens (tertiary/aromatic N) is 2. The molecule has 4 heteroatoms. The molecule has 1 aromatic rings. The molecule has 0 aromatic heterocycles. The van der Waals surface area contributed by atoms with E-state index in [1.165, 1.54) is 0 Å². The summed E-state index contributed by atoms with van der Waals surface area (Å²) in [4.78, 5) is 12.8. The lowest BCUT2D eigenvalue weighted by Crippen LogP contribution is -2.21. The van der Waals surface area contributed by atoms with Gasteiger partial charge in [-0.2, -0.15) is 5.26 Å². The van der Waals surface area contributed by atoms with Gasteiger partial charge in [-0.25, -0.2) is 0 Å². The summed E-state index contributed by atoms with van der Waals surface area (Å²) in [6, 6.07) is 8.03. The lowest BCUT2D eigenvalue weighted by Gasteiger charge is -2.20. The van der Waals surface area contributed by atoms with Crippen LogP contribution in [0, 0.1) is 24.2 Å². The van der Waals surface area contributed by atoms with Gasteiger partial charge in [-0.05, 0) is 37.0 Å². The monoisotopic (exact) mass is 244 g/mol. The molecule has 18 heavy (non-hydrogen) atoms. The van der Waals surface area contributed by atoms with Gasteiger partial charge in [0.2, 0.25) is 0 Å². The van der Waals surface area contributed by atoms with Crippen LogP contribution >= 0.6 is 0 Å². The third-order valence-electron chi connectivity index (χ3n) is 3.36. The largest absolute Gasteiger partial charge is 0.481 e. The molecule has 1 saturated heterocycles. The Morgan fingerprint density at radius 1 is 1.61 bits per heavy atom. The lowest BCUT2D eigenvalue weighted by atomic mass is 10.1. The number of anilines is 1. The first-order valence-corrected chi connectivity index (χ1v) is 6.07. The summed E-state index contributed by atoms with van der Waals surface area (Å²) in [5.41, 5.74) is 2.67. The smallest absolute Gasteiger partial charge is 0.303 e.